The fraction of sp³-hybridized carbons (Fsp3) is 0.538. The van der Waals surface area contributed by atoms with Crippen molar-refractivity contribution in [2.45, 2.75) is 32.6 Å². The van der Waals surface area contributed by atoms with Crippen LogP contribution in [0.15, 0.2) is 11.5 Å². The first-order valence-corrected chi connectivity index (χ1v) is 7.00. The van der Waals surface area contributed by atoms with E-state index in [1.165, 1.54) is 25.7 Å². The van der Waals surface area contributed by atoms with Gasteiger partial charge in [0.05, 0.1) is 10.7 Å². The molecule has 1 aromatic rings. The van der Waals surface area contributed by atoms with Gasteiger partial charge in [0, 0.05) is 18.0 Å². The van der Waals surface area contributed by atoms with Crippen molar-refractivity contribution in [3.63, 3.8) is 0 Å². The van der Waals surface area contributed by atoms with E-state index >= 15 is 0 Å². The molecule has 17 heavy (non-hydrogen) atoms. The number of thiazole rings is 1. The summed E-state index contributed by atoms with van der Waals surface area (Å²) in [5.41, 5.74) is 0.864. The molecule has 0 unspecified atom stereocenters. The Morgan fingerprint density at radius 3 is 3.00 bits per heavy atom. The van der Waals surface area contributed by atoms with Crippen LogP contribution in [0.1, 0.15) is 36.4 Å². The van der Waals surface area contributed by atoms with Gasteiger partial charge in [0.2, 0.25) is 5.91 Å². The van der Waals surface area contributed by atoms with Gasteiger partial charge in [0.1, 0.15) is 0 Å². The van der Waals surface area contributed by atoms with E-state index in [0.29, 0.717) is 5.92 Å². The second kappa shape index (κ2) is 5.96. The number of hydrogen-bond donors (Lipinski definition) is 1. The SMILES string of the molecule is Cc1nc(/C=C/C(=O)NCC2CCCC2)cs1. The van der Waals surface area contributed by atoms with Crippen LogP contribution < -0.4 is 5.32 Å². The van der Waals surface area contributed by atoms with Crippen LogP contribution in [0.2, 0.25) is 0 Å². The molecule has 4 heteroatoms. The minimum absolute atomic E-state index is 0.0115. The van der Waals surface area contributed by atoms with Gasteiger partial charge in [-0.3, -0.25) is 4.79 Å². The van der Waals surface area contributed by atoms with E-state index in [2.05, 4.69) is 10.3 Å². The molecule has 1 fully saturated rings. The molecule has 1 N–H and O–H groups in total. The van der Waals surface area contributed by atoms with Crippen LogP contribution in [0.3, 0.4) is 0 Å². The Hall–Kier alpha value is -1.16. The summed E-state index contributed by atoms with van der Waals surface area (Å²) in [6, 6.07) is 0. The summed E-state index contributed by atoms with van der Waals surface area (Å²) in [4.78, 5) is 15.8. The van der Waals surface area contributed by atoms with Crippen molar-refractivity contribution in [2.75, 3.05) is 6.54 Å². The summed E-state index contributed by atoms with van der Waals surface area (Å²) in [6.07, 6.45) is 8.49. The molecule has 1 aliphatic rings. The predicted molar refractivity (Wildman–Crippen MR) is 70.9 cm³/mol. The van der Waals surface area contributed by atoms with Gasteiger partial charge in [-0.05, 0) is 31.8 Å². The average molecular weight is 250 g/mol. The maximum absolute atomic E-state index is 11.6. The molecular formula is C13H18N2OS. The molecule has 0 spiro atoms. The lowest BCUT2D eigenvalue weighted by atomic mass is 10.1. The first-order chi connectivity index (χ1) is 8.24. The van der Waals surface area contributed by atoms with Crippen molar-refractivity contribution in [1.29, 1.82) is 0 Å². The first-order valence-electron chi connectivity index (χ1n) is 6.12. The fourth-order valence-corrected chi connectivity index (χ4v) is 2.72. The van der Waals surface area contributed by atoms with Gasteiger partial charge in [0.25, 0.3) is 0 Å². The van der Waals surface area contributed by atoms with E-state index < -0.39 is 0 Å². The highest BCUT2D eigenvalue weighted by Crippen LogP contribution is 2.23. The van der Waals surface area contributed by atoms with Gasteiger partial charge in [-0.25, -0.2) is 4.98 Å². The Balaban J connectivity index is 1.74. The fourth-order valence-electron chi connectivity index (χ4n) is 2.14. The number of aryl methyl sites for hydroxylation is 1. The number of amides is 1. The van der Waals surface area contributed by atoms with Crippen molar-refractivity contribution < 1.29 is 4.79 Å². The van der Waals surface area contributed by atoms with Gasteiger partial charge in [-0.2, -0.15) is 0 Å². The quantitative estimate of drug-likeness (QED) is 0.835. The summed E-state index contributed by atoms with van der Waals surface area (Å²) < 4.78 is 0. The second-order valence-electron chi connectivity index (χ2n) is 4.52. The Kier molecular flexibility index (Phi) is 4.31. The molecule has 0 saturated heterocycles. The van der Waals surface area contributed by atoms with E-state index in [1.807, 2.05) is 12.3 Å². The number of nitrogens with zero attached hydrogens (tertiary/aromatic N) is 1. The third-order valence-corrected chi connectivity index (χ3v) is 3.87. The van der Waals surface area contributed by atoms with Crippen LogP contribution in [-0.4, -0.2) is 17.4 Å². The highest BCUT2D eigenvalue weighted by Gasteiger charge is 2.14. The van der Waals surface area contributed by atoms with Crippen molar-refractivity contribution in [1.82, 2.24) is 10.3 Å². The minimum atomic E-state index is -0.0115. The number of carbonyl (C=O) groups is 1. The maximum Gasteiger partial charge on any atom is 0.244 e. The average Bonchev–Trinajstić information content (AvgIpc) is 2.95. The molecule has 92 valence electrons. The monoisotopic (exact) mass is 250 g/mol. The zero-order chi connectivity index (χ0) is 12.1. The highest BCUT2D eigenvalue weighted by atomic mass is 32.1. The third-order valence-electron chi connectivity index (χ3n) is 3.08. The molecule has 1 saturated carbocycles. The van der Waals surface area contributed by atoms with Crippen LogP contribution >= 0.6 is 11.3 Å². The van der Waals surface area contributed by atoms with Gasteiger partial charge >= 0.3 is 0 Å². The van der Waals surface area contributed by atoms with Gasteiger partial charge in [-0.15, -0.1) is 11.3 Å². The number of nitrogens with one attached hydrogen (secondary N) is 1. The Morgan fingerprint density at radius 2 is 2.35 bits per heavy atom. The Morgan fingerprint density at radius 1 is 1.59 bits per heavy atom. The first kappa shape index (κ1) is 12.3. The largest absolute Gasteiger partial charge is 0.352 e. The van der Waals surface area contributed by atoms with Crippen molar-refractivity contribution in [2.24, 2.45) is 5.92 Å². The smallest absolute Gasteiger partial charge is 0.244 e. The van der Waals surface area contributed by atoms with Crippen LogP contribution in [-0.2, 0) is 4.79 Å². The van der Waals surface area contributed by atoms with Crippen molar-refractivity contribution in [3.05, 3.63) is 22.2 Å². The van der Waals surface area contributed by atoms with Gasteiger partial charge in [0.15, 0.2) is 0 Å². The summed E-state index contributed by atoms with van der Waals surface area (Å²) in [7, 11) is 0. The molecule has 1 aliphatic carbocycles. The Bertz CT molecular complexity index is 405. The summed E-state index contributed by atoms with van der Waals surface area (Å²) in [5.74, 6) is 0.677. The molecule has 0 aromatic carbocycles. The molecule has 1 heterocycles. The Labute approximate surface area is 106 Å². The van der Waals surface area contributed by atoms with Crippen molar-refractivity contribution >= 4 is 23.3 Å². The van der Waals surface area contributed by atoms with E-state index in [-0.39, 0.29) is 5.91 Å². The van der Waals surface area contributed by atoms with Crippen LogP contribution in [0, 0.1) is 12.8 Å². The zero-order valence-corrected chi connectivity index (χ0v) is 10.9. The van der Waals surface area contributed by atoms with Crippen LogP contribution in [0.4, 0.5) is 0 Å². The van der Waals surface area contributed by atoms with E-state index in [9.17, 15) is 4.79 Å². The standard InChI is InChI=1S/C13H18N2OS/c1-10-15-12(9-17-10)6-7-13(16)14-8-11-4-2-3-5-11/h6-7,9,11H,2-5,8H2,1H3,(H,14,16)/b7-6+. The number of hydrogen-bond acceptors (Lipinski definition) is 3. The van der Waals surface area contributed by atoms with Gasteiger partial charge in [-0.1, -0.05) is 12.8 Å². The van der Waals surface area contributed by atoms with Crippen molar-refractivity contribution in [3.8, 4) is 0 Å². The lowest BCUT2D eigenvalue weighted by Gasteiger charge is -2.08. The van der Waals surface area contributed by atoms with E-state index in [0.717, 1.165) is 17.2 Å². The lowest BCUT2D eigenvalue weighted by Crippen LogP contribution is -2.26. The van der Waals surface area contributed by atoms with E-state index in [1.54, 1.807) is 23.5 Å². The summed E-state index contributed by atoms with van der Waals surface area (Å²) in [5, 5.41) is 5.93. The molecule has 1 aromatic heterocycles. The molecule has 0 bridgehead atoms. The molecule has 1 amide bonds. The molecule has 3 nitrogen and oxygen atoms in total. The predicted octanol–water partition coefficient (Wildman–Crippen LogP) is 2.77. The lowest BCUT2D eigenvalue weighted by molar-refractivity contribution is -0.116. The molecule has 0 atom stereocenters. The number of carbonyl (C=O) groups excluding carboxylic acids is 1. The number of aromatic nitrogens is 1. The maximum atomic E-state index is 11.6. The van der Waals surface area contributed by atoms with Crippen LogP contribution in [0.5, 0.6) is 0 Å². The van der Waals surface area contributed by atoms with Gasteiger partial charge < -0.3 is 5.32 Å². The molecule has 2 rings (SSSR count). The molecular weight excluding hydrogens is 232 g/mol. The molecule has 0 radical (unpaired) electrons. The zero-order valence-electron chi connectivity index (χ0n) is 10.1. The van der Waals surface area contributed by atoms with Crippen LogP contribution in [0.25, 0.3) is 6.08 Å². The second-order valence-corrected chi connectivity index (χ2v) is 5.58. The summed E-state index contributed by atoms with van der Waals surface area (Å²) >= 11 is 1.60. The van der Waals surface area contributed by atoms with E-state index in [4.69, 9.17) is 0 Å². The molecule has 0 aliphatic heterocycles. The third kappa shape index (κ3) is 3.97. The summed E-state index contributed by atoms with van der Waals surface area (Å²) in [6.45, 7) is 2.78. The topological polar surface area (TPSA) is 42.0 Å². The minimum Gasteiger partial charge on any atom is -0.352 e. The highest BCUT2D eigenvalue weighted by molar-refractivity contribution is 7.09. The normalized spacial score (nSPS) is 16.8. The number of rotatable bonds is 4.